The highest BCUT2D eigenvalue weighted by atomic mass is 79.9. The van der Waals surface area contributed by atoms with Crippen LogP contribution in [0.3, 0.4) is 0 Å². The predicted octanol–water partition coefficient (Wildman–Crippen LogP) is 5.23. The molecule has 0 N–H and O–H groups in total. The van der Waals surface area contributed by atoms with Crippen molar-refractivity contribution in [2.45, 2.75) is 39.4 Å². The summed E-state index contributed by atoms with van der Waals surface area (Å²) in [5.74, 6) is 0.646. The number of rotatable bonds is 6. The van der Waals surface area contributed by atoms with E-state index in [1.807, 2.05) is 24.3 Å². The molecule has 0 aliphatic heterocycles. The van der Waals surface area contributed by atoms with Crippen molar-refractivity contribution in [3.63, 3.8) is 0 Å². The molecule has 0 saturated carbocycles. The Morgan fingerprint density at radius 2 is 1.88 bits per heavy atom. The second-order valence-corrected chi connectivity index (χ2v) is 5.80. The van der Waals surface area contributed by atoms with Gasteiger partial charge in [0, 0.05) is 15.9 Å². The summed E-state index contributed by atoms with van der Waals surface area (Å²) in [6.45, 7) is 6.53. The van der Waals surface area contributed by atoms with Crippen molar-refractivity contribution in [1.29, 1.82) is 0 Å². The number of benzene rings is 1. The van der Waals surface area contributed by atoms with Gasteiger partial charge in [0.15, 0.2) is 0 Å². The Morgan fingerprint density at radius 3 is 2.41 bits per heavy atom. The highest BCUT2D eigenvalue weighted by molar-refractivity contribution is 9.09. The summed E-state index contributed by atoms with van der Waals surface area (Å²) in [6, 6.07) is 7.86. The number of hydrogen-bond donors (Lipinski definition) is 0. The molecule has 1 aromatic carbocycles. The highest BCUT2D eigenvalue weighted by Gasteiger charge is 2.17. The first-order valence-corrected chi connectivity index (χ1v) is 7.50. The molecule has 0 radical (unpaired) electrons. The summed E-state index contributed by atoms with van der Waals surface area (Å²) in [6.07, 6.45) is 1.33. The third kappa shape index (κ3) is 4.99. The van der Waals surface area contributed by atoms with Crippen LogP contribution in [0.5, 0.6) is 0 Å². The molecule has 0 aliphatic rings. The first-order chi connectivity index (χ1) is 8.04. The van der Waals surface area contributed by atoms with Gasteiger partial charge < -0.3 is 4.74 Å². The Hall–Kier alpha value is -0.0500. The van der Waals surface area contributed by atoms with Crippen LogP contribution in [0.25, 0.3) is 0 Å². The molecule has 1 rings (SSSR count). The zero-order valence-corrected chi connectivity index (χ0v) is 13.0. The summed E-state index contributed by atoms with van der Waals surface area (Å²) >= 11 is 9.68. The van der Waals surface area contributed by atoms with Gasteiger partial charge in [-0.2, -0.15) is 0 Å². The Kier molecular flexibility index (Phi) is 6.53. The van der Waals surface area contributed by atoms with Crippen molar-refractivity contribution in [2.75, 3.05) is 5.33 Å². The fourth-order valence-electron chi connectivity index (χ4n) is 1.93. The topological polar surface area (TPSA) is 9.23 Å². The van der Waals surface area contributed by atoms with Gasteiger partial charge in [-0.3, -0.25) is 0 Å². The summed E-state index contributed by atoms with van der Waals surface area (Å²) in [5.41, 5.74) is 1.06. The van der Waals surface area contributed by atoms with E-state index in [1.165, 1.54) is 0 Å². The van der Waals surface area contributed by atoms with Crippen molar-refractivity contribution in [2.24, 2.45) is 5.92 Å². The van der Waals surface area contributed by atoms with Crippen molar-refractivity contribution in [3.8, 4) is 0 Å². The molecule has 0 saturated heterocycles. The average molecular weight is 320 g/mol. The van der Waals surface area contributed by atoms with Crippen molar-refractivity contribution >= 4 is 27.5 Å². The molecular formula is C14H20BrClO. The minimum absolute atomic E-state index is 0.0254. The zero-order chi connectivity index (χ0) is 12.8. The molecule has 0 aromatic heterocycles. The standard InChI is InChI=1S/C14H20BrClO/c1-10(2)8-11(3)17-14(9-15)12-6-4-5-7-13(12)16/h4-7,10-11,14H,8-9H2,1-3H3. The van der Waals surface area contributed by atoms with E-state index >= 15 is 0 Å². The molecule has 3 heteroatoms. The van der Waals surface area contributed by atoms with Gasteiger partial charge in [-0.05, 0) is 25.3 Å². The molecule has 0 bridgehead atoms. The Morgan fingerprint density at radius 1 is 1.24 bits per heavy atom. The van der Waals surface area contributed by atoms with E-state index in [9.17, 15) is 0 Å². The van der Waals surface area contributed by atoms with Crippen LogP contribution >= 0.6 is 27.5 Å². The Balaban J connectivity index is 2.69. The lowest BCUT2D eigenvalue weighted by Crippen LogP contribution is -2.17. The monoisotopic (exact) mass is 318 g/mol. The van der Waals surface area contributed by atoms with Crippen molar-refractivity contribution in [3.05, 3.63) is 34.9 Å². The molecule has 0 fully saturated rings. The molecule has 0 aliphatic carbocycles. The van der Waals surface area contributed by atoms with Crippen molar-refractivity contribution in [1.82, 2.24) is 0 Å². The largest absolute Gasteiger partial charge is 0.370 e. The maximum Gasteiger partial charge on any atom is 0.0939 e. The summed E-state index contributed by atoms with van der Waals surface area (Å²) in [4.78, 5) is 0. The van der Waals surface area contributed by atoms with Crippen LogP contribution < -0.4 is 0 Å². The van der Waals surface area contributed by atoms with Gasteiger partial charge in [0.1, 0.15) is 0 Å². The van der Waals surface area contributed by atoms with Crippen LogP contribution in [0.1, 0.15) is 38.9 Å². The average Bonchev–Trinajstić information content (AvgIpc) is 2.26. The molecule has 1 nitrogen and oxygen atoms in total. The molecule has 17 heavy (non-hydrogen) atoms. The molecule has 0 heterocycles. The van der Waals surface area contributed by atoms with Crippen molar-refractivity contribution < 1.29 is 4.74 Å². The second-order valence-electron chi connectivity index (χ2n) is 4.74. The predicted molar refractivity (Wildman–Crippen MR) is 78.0 cm³/mol. The molecule has 1 aromatic rings. The number of alkyl halides is 1. The van der Waals surface area contributed by atoms with E-state index in [-0.39, 0.29) is 12.2 Å². The minimum atomic E-state index is 0.0254. The third-order valence-electron chi connectivity index (χ3n) is 2.59. The van der Waals surface area contributed by atoms with Gasteiger partial charge >= 0.3 is 0 Å². The normalized spacial score (nSPS) is 14.9. The van der Waals surface area contributed by atoms with E-state index < -0.39 is 0 Å². The Labute approximate surface area is 118 Å². The van der Waals surface area contributed by atoms with Crippen LogP contribution in [0.2, 0.25) is 5.02 Å². The first-order valence-electron chi connectivity index (χ1n) is 6.00. The van der Waals surface area contributed by atoms with Gasteiger partial charge in [0.25, 0.3) is 0 Å². The molecule has 2 atom stereocenters. The van der Waals surface area contributed by atoms with E-state index in [0.717, 1.165) is 22.3 Å². The lowest BCUT2D eigenvalue weighted by Gasteiger charge is -2.23. The fourth-order valence-corrected chi connectivity index (χ4v) is 2.69. The molecule has 0 amide bonds. The maximum atomic E-state index is 6.19. The third-order valence-corrected chi connectivity index (χ3v) is 3.52. The van der Waals surface area contributed by atoms with E-state index in [4.69, 9.17) is 16.3 Å². The van der Waals surface area contributed by atoms with Crippen LogP contribution in [0.15, 0.2) is 24.3 Å². The second kappa shape index (κ2) is 7.40. The van der Waals surface area contributed by atoms with Gasteiger partial charge in [0.05, 0.1) is 12.2 Å². The zero-order valence-electron chi connectivity index (χ0n) is 10.6. The van der Waals surface area contributed by atoms with E-state index in [1.54, 1.807) is 0 Å². The summed E-state index contributed by atoms with van der Waals surface area (Å²) in [5, 5.41) is 1.54. The molecule has 96 valence electrons. The molecule has 0 spiro atoms. The molecule has 2 unspecified atom stereocenters. The van der Waals surface area contributed by atoms with Gasteiger partial charge in [0.2, 0.25) is 0 Å². The SMILES string of the molecule is CC(C)CC(C)OC(CBr)c1ccccc1Cl. The highest BCUT2D eigenvalue weighted by Crippen LogP contribution is 2.28. The Bertz CT molecular complexity index is 341. The van der Waals surface area contributed by atoms with Gasteiger partial charge in [-0.1, -0.05) is 59.6 Å². The summed E-state index contributed by atoms with van der Waals surface area (Å²) in [7, 11) is 0. The fraction of sp³-hybridized carbons (Fsp3) is 0.571. The van der Waals surface area contributed by atoms with Crippen LogP contribution in [-0.2, 0) is 4.74 Å². The quantitative estimate of drug-likeness (QED) is 0.653. The van der Waals surface area contributed by atoms with Crippen LogP contribution in [0, 0.1) is 5.92 Å². The first kappa shape index (κ1) is 15.0. The lowest BCUT2D eigenvalue weighted by atomic mass is 10.1. The lowest BCUT2D eigenvalue weighted by molar-refractivity contribution is 0.0000456. The van der Waals surface area contributed by atoms with E-state index in [0.29, 0.717) is 5.92 Å². The minimum Gasteiger partial charge on any atom is -0.370 e. The number of ether oxygens (including phenoxy) is 1. The summed E-state index contributed by atoms with van der Waals surface area (Å²) < 4.78 is 6.05. The van der Waals surface area contributed by atoms with Gasteiger partial charge in [-0.25, -0.2) is 0 Å². The van der Waals surface area contributed by atoms with Crippen LogP contribution in [0.4, 0.5) is 0 Å². The van der Waals surface area contributed by atoms with Gasteiger partial charge in [-0.15, -0.1) is 0 Å². The maximum absolute atomic E-state index is 6.19. The smallest absolute Gasteiger partial charge is 0.0939 e. The number of halogens is 2. The number of hydrogen-bond acceptors (Lipinski definition) is 1. The van der Waals surface area contributed by atoms with E-state index in [2.05, 4.69) is 36.7 Å². The molecular weight excluding hydrogens is 300 g/mol. The van der Waals surface area contributed by atoms with Crippen LogP contribution in [-0.4, -0.2) is 11.4 Å².